The second-order valence-electron chi connectivity index (χ2n) is 5.79. The van der Waals surface area contributed by atoms with E-state index in [1.54, 1.807) is 18.2 Å². The van der Waals surface area contributed by atoms with E-state index in [1.807, 2.05) is 0 Å². The highest BCUT2D eigenvalue weighted by Crippen LogP contribution is 2.36. The molecule has 0 spiro atoms. The Balaban J connectivity index is 1.69. The number of ketones is 1. The van der Waals surface area contributed by atoms with Crippen LogP contribution in [0.4, 0.5) is 5.69 Å². The molecule has 8 heteroatoms. The second kappa shape index (κ2) is 7.67. The van der Waals surface area contributed by atoms with Crippen molar-refractivity contribution in [3.05, 3.63) is 52.0 Å². The molecule has 27 heavy (non-hydrogen) atoms. The first kappa shape index (κ1) is 18.7. The summed E-state index contributed by atoms with van der Waals surface area (Å²) in [6, 6.07) is 7.65. The maximum absolute atomic E-state index is 12.3. The van der Waals surface area contributed by atoms with Crippen LogP contribution in [0.1, 0.15) is 26.3 Å². The predicted octanol–water partition coefficient (Wildman–Crippen LogP) is 2.89. The number of nitrogens with one attached hydrogen (secondary N) is 1. The molecule has 0 aromatic heterocycles. The van der Waals surface area contributed by atoms with Gasteiger partial charge in [-0.1, -0.05) is 11.6 Å². The number of benzene rings is 2. The lowest BCUT2D eigenvalue weighted by Crippen LogP contribution is -2.14. The molecule has 0 fully saturated rings. The lowest BCUT2D eigenvalue weighted by molar-refractivity contribution is -0.115. The number of carbonyl (C=O) groups excluding carboxylic acids is 3. The van der Waals surface area contributed by atoms with Crippen LogP contribution in [-0.2, 0) is 16.0 Å². The predicted molar refractivity (Wildman–Crippen MR) is 97.9 cm³/mol. The van der Waals surface area contributed by atoms with Crippen molar-refractivity contribution in [1.29, 1.82) is 0 Å². The number of hydrogen-bond donors (Lipinski definition) is 1. The molecule has 1 heterocycles. The first-order chi connectivity index (χ1) is 12.9. The maximum Gasteiger partial charge on any atom is 0.338 e. The highest BCUT2D eigenvalue weighted by molar-refractivity contribution is 6.32. The number of halogens is 1. The Hall–Kier alpha value is -3.06. The smallest absolute Gasteiger partial charge is 0.338 e. The highest BCUT2D eigenvalue weighted by Gasteiger charge is 2.21. The van der Waals surface area contributed by atoms with Crippen LogP contribution in [0.5, 0.6) is 11.5 Å². The lowest BCUT2D eigenvalue weighted by atomic mass is 10.1. The zero-order valence-corrected chi connectivity index (χ0v) is 15.4. The third kappa shape index (κ3) is 3.88. The number of amides is 1. The van der Waals surface area contributed by atoms with Crippen molar-refractivity contribution < 1.29 is 28.6 Å². The molecule has 0 saturated heterocycles. The maximum atomic E-state index is 12.3. The van der Waals surface area contributed by atoms with Crippen LogP contribution >= 0.6 is 11.6 Å². The first-order valence-corrected chi connectivity index (χ1v) is 8.35. The van der Waals surface area contributed by atoms with Gasteiger partial charge in [0.1, 0.15) is 0 Å². The van der Waals surface area contributed by atoms with Gasteiger partial charge in [-0.3, -0.25) is 9.59 Å². The standard InChI is InChI=1S/C19H16ClNO6/c1-25-16-7-12(6-13(20)18(16)26-2)19(24)27-9-15(22)10-3-4-14-11(5-10)8-17(23)21-14/h3-7H,8-9H2,1-2H3,(H,21,23). The third-order valence-corrected chi connectivity index (χ3v) is 4.34. The van der Waals surface area contributed by atoms with Gasteiger partial charge in [0, 0.05) is 11.3 Å². The number of carbonyl (C=O) groups is 3. The van der Waals surface area contributed by atoms with Crippen LogP contribution in [0, 0.1) is 0 Å². The van der Waals surface area contributed by atoms with Gasteiger partial charge in [-0.25, -0.2) is 4.79 Å². The summed E-state index contributed by atoms with van der Waals surface area (Å²) >= 11 is 6.07. The van der Waals surface area contributed by atoms with Gasteiger partial charge in [0.05, 0.1) is 31.2 Å². The number of ether oxygens (including phenoxy) is 3. The topological polar surface area (TPSA) is 90.9 Å². The summed E-state index contributed by atoms with van der Waals surface area (Å²) < 4.78 is 15.3. The van der Waals surface area contributed by atoms with Crippen molar-refractivity contribution in [2.24, 2.45) is 0 Å². The molecule has 3 rings (SSSR count). The minimum atomic E-state index is -0.718. The van der Waals surface area contributed by atoms with E-state index in [1.165, 1.54) is 26.4 Å². The van der Waals surface area contributed by atoms with Gasteiger partial charge >= 0.3 is 5.97 Å². The van der Waals surface area contributed by atoms with Gasteiger partial charge in [0.2, 0.25) is 5.91 Å². The van der Waals surface area contributed by atoms with Gasteiger partial charge in [0.25, 0.3) is 0 Å². The number of esters is 1. The molecule has 0 radical (unpaired) electrons. The molecule has 0 atom stereocenters. The van der Waals surface area contributed by atoms with Crippen molar-refractivity contribution in [2.45, 2.75) is 6.42 Å². The quantitative estimate of drug-likeness (QED) is 0.603. The molecule has 0 saturated carbocycles. The van der Waals surface area contributed by atoms with Crippen LogP contribution in [0.2, 0.25) is 5.02 Å². The molecular formula is C19H16ClNO6. The fraction of sp³-hybridized carbons (Fsp3) is 0.211. The van der Waals surface area contributed by atoms with Crippen LogP contribution in [0.3, 0.4) is 0 Å². The fourth-order valence-corrected chi connectivity index (χ4v) is 3.02. The van der Waals surface area contributed by atoms with Crippen molar-refractivity contribution in [3.63, 3.8) is 0 Å². The van der Waals surface area contributed by atoms with Crippen molar-refractivity contribution in [2.75, 3.05) is 26.1 Å². The zero-order chi connectivity index (χ0) is 19.6. The van der Waals surface area contributed by atoms with E-state index < -0.39 is 12.6 Å². The minimum Gasteiger partial charge on any atom is -0.493 e. The molecule has 2 aromatic carbocycles. The summed E-state index contributed by atoms with van der Waals surface area (Å²) in [7, 11) is 2.85. The molecule has 1 aliphatic heterocycles. The van der Waals surface area contributed by atoms with Crippen molar-refractivity contribution >= 4 is 34.9 Å². The van der Waals surface area contributed by atoms with Crippen molar-refractivity contribution in [3.8, 4) is 11.5 Å². The monoisotopic (exact) mass is 389 g/mol. The Kier molecular flexibility index (Phi) is 5.32. The number of anilines is 1. The zero-order valence-electron chi connectivity index (χ0n) is 14.6. The van der Waals surface area contributed by atoms with E-state index >= 15 is 0 Å². The molecular weight excluding hydrogens is 374 g/mol. The number of rotatable bonds is 6. The number of methoxy groups -OCH3 is 2. The summed E-state index contributed by atoms with van der Waals surface area (Å²) in [6.07, 6.45) is 0.223. The summed E-state index contributed by atoms with van der Waals surface area (Å²) in [4.78, 5) is 35.9. The summed E-state index contributed by atoms with van der Waals surface area (Å²) in [5, 5.41) is 2.88. The number of hydrogen-bond acceptors (Lipinski definition) is 6. The van der Waals surface area contributed by atoms with Gasteiger partial charge in [-0.05, 0) is 35.9 Å². The molecule has 0 aliphatic carbocycles. The van der Waals surface area contributed by atoms with E-state index in [0.717, 1.165) is 5.56 Å². The second-order valence-corrected chi connectivity index (χ2v) is 6.20. The summed E-state index contributed by atoms with van der Waals surface area (Å²) in [5.74, 6) is -0.639. The van der Waals surface area contributed by atoms with Gasteiger partial charge in [-0.15, -0.1) is 0 Å². The molecule has 1 amide bonds. The Bertz CT molecular complexity index is 940. The third-order valence-electron chi connectivity index (χ3n) is 4.06. The number of Topliss-reactive ketones (excluding diaryl/α,β-unsaturated/α-hetero) is 1. The van der Waals surface area contributed by atoms with Crippen LogP contribution in [-0.4, -0.2) is 38.5 Å². The van der Waals surface area contributed by atoms with E-state index in [2.05, 4.69) is 5.32 Å². The Morgan fingerprint density at radius 3 is 2.59 bits per heavy atom. The van der Waals surface area contributed by atoms with Crippen LogP contribution < -0.4 is 14.8 Å². The summed E-state index contributed by atoms with van der Waals surface area (Å²) in [5.41, 5.74) is 1.93. The lowest BCUT2D eigenvalue weighted by Gasteiger charge is -2.11. The van der Waals surface area contributed by atoms with Gasteiger partial charge in [0.15, 0.2) is 23.9 Å². The highest BCUT2D eigenvalue weighted by atomic mass is 35.5. The van der Waals surface area contributed by atoms with Crippen molar-refractivity contribution in [1.82, 2.24) is 0 Å². The molecule has 0 unspecified atom stereocenters. The Morgan fingerprint density at radius 2 is 1.89 bits per heavy atom. The Morgan fingerprint density at radius 1 is 1.11 bits per heavy atom. The van der Waals surface area contributed by atoms with Gasteiger partial charge < -0.3 is 19.5 Å². The minimum absolute atomic E-state index is 0.119. The van der Waals surface area contributed by atoms with E-state index in [9.17, 15) is 14.4 Å². The normalized spacial score (nSPS) is 12.2. The van der Waals surface area contributed by atoms with Crippen LogP contribution in [0.15, 0.2) is 30.3 Å². The Labute approximate surface area is 160 Å². The molecule has 0 bridgehead atoms. The van der Waals surface area contributed by atoms with Gasteiger partial charge in [-0.2, -0.15) is 0 Å². The molecule has 1 aliphatic rings. The van der Waals surface area contributed by atoms with Crippen LogP contribution in [0.25, 0.3) is 0 Å². The SMILES string of the molecule is COc1cc(C(=O)OCC(=O)c2ccc3c(c2)CC(=O)N3)cc(Cl)c1OC. The average Bonchev–Trinajstić information content (AvgIpc) is 3.04. The average molecular weight is 390 g/mol. The largest absolute Gasteiger partial charge is 0.493 e. The molecule has 140 valence electrons. The van der Waals surface area contributed by atoms with E-state index in [4.69, 9.17) is 25.8 Å². The fourth-order valence-electron chi connectivity index (χ4n) is 2.74. The summed E-state index contributed by atoms with van der Waals surface area (Å²) in [6.45, 7) is -0.440. The molecule has 1 N–H and O–H groups in total. The number of fused-ring (bicyclic) bond motifs is 1. The molecule has 7 nitrogen and oxygen atoms in total. The molecule has 2 aromatic rings. The van der Waals surface area contributed by atoms with E-state index in [-0.39, 0.29) is 34.4 Å². The first-order valence-electron chi connectivity index (χ1n) is 7.97. The van der Waals surface area contributed by atoms with E-state index in [0.29, 0.717) is 17.0 Å².